The number of unbranched alkanes of at least 4 members (excludes halogenated alkanes) is 1. The van der Waals surface area contributed by atoms with Gasteiger partial charge in [-0.15, -0.1) is 0 Å². The first-order valence-corrected chi connectivity index (χ1v) is 19.4. The Hall–Kier alpha value is -7.38. The lowest BCUT2D eigenvalue weighted by Gasteiger charge is -2.13. The molecule has 0 saturated heterocycles. The second-order valence-electron chi connectivity index (χ2n) is 14.5. The Labute approximate surface area is 329 Å². The molecule has 7 aromatic rings. The summed E-state index contributed by atoms with van der Waals surface area (Å²) in [7, 11) is 0. The van der Waals surface area contributed by atoms with E-state index in [2.05, 4.69) is 131 Å². The van der Waals surface area contributed by atoms with Crippen LogP contribution in [0.1, 0.15) is 61.9 Å². The van der Waals surface area contributed by atoms with E-state index >= 15 is 0 Å². The van der Waals surface area contributed by atoms with Crippen LogP contribution in [-0.4, -0.2) is 43.2 Å². The molecule has 4 aromatic carbocycles. The molecule has 3 aromatic heterocycles. The molecule has 6 heterocycles. The van der Waals surface area contributed by atoms with Crippen LogP contribution in [0.4, 0.5) is 0 Å². The normalized spacial score (nSPS) is 13.1. The third-order valence-corrected chi connectivity index (χ3v) is 11.0. The number of rotatable bonds is 8. The molecule has 0 fully saturated rings. The minimum Gasteiger partial charge on any atom is -0.355 e. The summed E-state index contributed by atoms with van der Waals surface area (Å²) in [6.45, 7) is 0.356. The first-order chi connectivity index (χ1) is 28.1. The van der Waals surface area contributed by atoms with Gasteiger partial charge < -0.3 is 9.97 Å². The Bertz CT molecular complexity index is 2870. The molecule has 7 nitrogen and oxygen atoms in total. The van der Waals surface area contributed by atoms with Gasteiger partial charge >= 0.3 is 0 Å². The van der Waals surface area contributed by atoms with E-state index in [1.54, 1.807) is 24.3 Å². The third-order valence-electron chi connectivity index (χ3n) is 11.0. The fourth-order valence-electron chi connectivity index (χ4n) is 8.27. The average molecular weight is 740 g/mol. The van der Waals surface area contributed by atoms with Crippen LogP contribution in [0.15, 0.2) is 140 Å². The molecule has 0 aliphatic carbocycles. The fourth-order valence-corrected chi connectivity index (χ4v) is 8.27. The van der Waals surface area contributed by atoms with Crippen LogP contribution >= 0.6 is 0 Å². The molecule has 2 N–H and O–H groups in total. The van der Waals surface area contributed by atoms with Crippen molar-refractivity contribution < 1.29 is 9.59 Å². The number of nitrogens with one attached hydrogen (secondary N) is 2. The van der Waals surface area contributed by atoms with E-state index in [9.17, 15) is 9.59 Å². The second kappa shape index (κ2) is 14.4. The summed E-state index contributed by atoms with van der Waals surface area (Å²) < 4.78 is 0. The van der Waals surface area contributed by atoms with Crippen molar-refractivity contribution in [1.29, 1.82) is 0 Å². The lowest BCUT2D eigenvalue weighted by atomic mass is 10.0. The van der Waals surface area contributed by atoms with Gasteiger partial charge in [0.2, 0.25) is 0 Å². The largest absolute Gasteiger partial charge is 0.355 e. The van der Waals surface area contributed by atoms with Gasteiger partial charge in [0.15, 0.2) is 0 Å². The Morgan fingerprint density at radius 3 is 1.28 bits per heavy atom. The van der Waals surface area contributed by atoms with Crippen molar-refractivity contribution in [2.45, 2.75) is 19.3 Å². The molecule has 0 unspecified atom stereocenters. The van der Waals surface area contributed by atoms with Crippen molar-refractivity contribution in [2.75, 3.05) is 6.54 Å². The summed E-state index contributed by atoms with van der Waals surface area (Å²) in [5, 5.41) is 0. The van der Waals surface area contributed by atoms with Gasteiger partial charge in [0.25, 0.3) is 11.8 Å². The van der Waals surface area contributed by atoms with Crippen molar-refractivity contribution in [3.05, 3.63) is 179 Å². The van der Waals surface area contributed by atoms with E-state index in [1.165, 1.54) is 4.90 Å². The van der Waals surface area contributed by atoms with Gasteiger partial charge in [0.05, 0.1) is 33.9 Å². The minimum absolute atomic E-state index is 0.220. The van der Waals surface area contributed by atoms with E-state index in [0.29, 0.717) is 30.5 Å². The predicted octanol–water partition coefficient (Wildman–Crippen LogP) is 11.3. The number of aromatic nitrogens is 4. The summed E-state index contributed by atoms with van der Waals surface area (Å²) >= 11 is 0. The minimum atomic E-state index is -0.220. The molecule has 3 aliphatic rings. The number of fused-ring (bicyclic) bond motifs is 9. The Kier molecular flexibility index (Phi) is 8.60. The van der Waals surface area contributed by atoms with Crippen LogP contribution in [0.25, 0.3) is 79.8 Å². The van der Waals surface area contributed by atoms with Crippen LogP contribution in [0.3, 0.4) is 0 Å². The number of aryl methyl sites for hydroxylation is 1. The monoisotopic (exact) mass is 739 g/mol. The lowest BCUT2D eigenvalue weighted by molar-refractivity contribution is 0.0651. The number of aromatic amines is 2. The number of carbonyl (C=O) groups excluding carboxylic acids is 2. The van der Waals surface area contributed by atoms with E-state index in [4.69, 9.17) is 9.97 Å². The molecule has 7 heteroatoms. The van der Waals surface area contributed by atoms with Crippen molar-refractivity contribution in [3.8, 4) is 33.4 Å². The number of hydrogen-bond acceptors (Lipinski definition) is 4. The lowest BCUT2D eigenvalue weighted by Crippen LogP contribution is -2.30. The maximum atomic E-state index is 13.1. The van der Waals surface area contributed by atoms with Gasteiger partial charge in [-0.1, -0.05) is 103 Å². The summed E-state index contributed by atoms with van der Waals surface area (Å²) in [5.74, 6) is -0.440. The molecule has 8 bridgehead atoms. The van der Waals surface area contributed by atoms with Crippen LogP contribution in [0, 0.1) is 0 Å². The number of hydrogen-bond donors (Lipinski definition) is 2. The van der Waals surface area contributed by atoms with Gasteiger partial charge in [-0.05, 0) is 96.7 Å². The highest BCUT2D eigenvalue weighted by molar-refractivity contribution is 6.21. The molecule has 57 heavy (non-hydrogen) atoms. The molecule has 0 saturated carbocycles. The highest BCUT2D eigenvalue weighted by atomic mass is 16.2. The molecule has 2 amide bonds. The van der Waals surface area contributed by atoms with Crippen LogP contribution in [0.5, 0.6) is 0 Å². The van der Waals surface area contributed by atoms with Crippen molar-refractivity contribution in [3.63, 3.8) is 0 Å². The zero-order valence-electron chi connectivity index (χ0n) is 31.1. The third kappa shape index (κ3) is 6.19. The zero-order valence-corrected chi connectivity index (χ0v) is 31.1. The smallest absolute Gasteiger partial charge is 0.261 e. The number of amides is 2. The highest BCUT2D eigenvalue weighted by Crippen LogP contribution is 2.37. The molecule has 0 spiro atoms. The zero-order chi connectivity index (χ0) is 38.3. The Morgan fingerprint density at radius 2 is 0.807 bits per heavy atom. The van der Waals surface area contributed by atoms with Crippen LogP contribution < -0.4 is 0 Å². The number of nitrogens with zero attached hydrogens (tertiary/aromatic N) is 3. The van der Waals surface area contributed by atoms with Gasteiger partial charge in [-0.3, -0.25) is 14.5 Å². The van der Waals surface area contributed by atoms with Crippen LogP contribution in [-0.2, 0) is 6.42 Å². The van der Waals surface area contributed by atoms with Crippen LogP contribution in [0.2, 0.25) is 0 Å². The molecule has 0 atom stereocenters. The van der Waals surface area contributed by atoms with Gasteiger partial charge in [-0.2, -0.15) is 0 Å². The van der Waals surface area contributed by atoms with E-state index in [-0.39, 0.29) is 11.8 Å². The standard InChI is InChI=1S/C50H37N5O2/c56-49-35-20-10-11-21-36(35)50(57)55(49)31-13-12-22-37-38-23-25-40(51-38)46(32-14-4-1-5-15-32)42-27-29-44(53-42)48(34-18-8-3-9-19-34)45-30-28-43(54-45)47(33-16-6-2-7-17-33)41-26-24-39(37)52-41/h1-11,14-21,23-30,51,54H,12-13,22,31H2. The molecule has 3 aliphatic heterocycles. The average Bonchev–Trinajstić information content (AvgIpc) is 4.12. The van der Waals surface area contributed by atoms with Gasteiger partial charge in [0.1, 0.15) is 0 Å². The first kappa shape index (κ1) is 34.1. The molecule has 0 radical (unpaired) electrons. The van der Waals surface area contributed by atoms with E-state index in [1.807, 2.05) is 18.2 Å². The number of imide groups is 1. The van der Waals surface area contributed by atoms with Crippen molar-refractivity contribution in [2.24, 2.45) is 0 Å². The van der Waals surface area contributed by atoms with E-state index in [0.717, 1.165) is 90.2 Å². The van der Waals surface area contributed by atoms with Gasteiger partial charge in [0, 0.05) is 50.9 Å². The highest BCUT2D eigenvalue weighted by Gasteiger charge is 2.34. The molecule has 10 rings (SSSR count). The number of H-pyrrole nitrogens is 2. The topological polar surface area (TPSA) is 94.7 Å². The Balaban J connectivity index is 1.18. The number of carbonyl (C=O) groups is 2. The first-order valence-electron chi connectivity index (χ1n) is 19.4. The molecule has 274 valence electrons. The maximum absolute atomic E-state index is 13.1. The summed E-state index contributed by atoms with van der Waals surface area (Å²) in [4.78, 5) is 45.9. The van der Waals surface area contributed by atoms with Crippen molar-refractivity contribution >= 4 is 58.2 Å². The second-order valence-corrected chi connectivity index (χ2v) is 14.5. The summed E-state index contributed by atoms with van der Waals surface area (Å²) in [6, 6.07) is 46.8. The van der Waals surface area contributed by atoms with Crippen molar-refractivity contribution in [1.82, 2.24) is 24.8 Å². The SMILES string of the molecule is O=C1c2ccccc2C(=O)N1CCCCc1c2nc(c(-c3ccccc3)c3ccc([nH]3)c(-c3ccccc3)c3nc(c(-c4ccccc4)c4ccc1[nH]4)C=C3)C=C2. The number of benzene rings is 4. The summed E-state index contributed by atoms with van der Waals surface area (Å²) in [6.07, 6.45) is 10.5. The van der Waals surface area contributed by atoms with E-state index < -0.39 is 0 Å². The maximum Gasteiger partial charge on any atom is 0.261 e. The summed E-state index contributed by atoms with van der Waals surface area (Å²) in [5.41, 5.74) is 15.5. The quantitative estimate of drug-likeness (QED) is 0.120. The Morgan fingerprint density at radius 1 is 0.421 bits per heavy atom. The molecular formula is C50H37N5O2. The van der Waals surface area contributed by atoms with Gasteiger partial charge in [-0.25, -0.2) is 9.97 Å². The predicted molar refractivity (Wildman–Crippen MR) is 230 cm³/mol. The fraction of sp³-hybridized carbons (Fsp3) is 0.0800. The molecular weight excluding hydrogens is 703 g/mol.